The summed E-state index contributed by atoms with van der Waals surface area (Å²) >= 11 is 0. The maximum absolute atomic E-state index is 5.82. The smallest absolute Gasteiger partial charge is 0.0317 e. The number of rotatable bonds is 4. The van der Waals surface area contributed by atoms with Gasteiger partial charge in [0.25, 0.3) is 0 Å². The summed E-state index contributed by atoms with van der Waals surface area (Å²) in [7, 11) is 0. The molecule has 1 aromatic carbocycles. The zero-order valence-electron chi connectivity index (χ0n) is 11.5. The van der Waals surface area contributed by atoms with Crippen molar-refractivity contribution in [3.8, 4) is 0 Å². The second-order valence-corrected chi connectivity index (χ2v) is 5.41. The summed E-state index contributed by atoms with van der Waals surface area (Å²) in [6.45, 7) is 8.18. The summed E-state index contributed by atoms with van der Waals surface area (Å²) in [5, 5.41) is 0. The molecule has 1 aliphatic rings. The Bertz CT molecular complexity index is 375. The third-order valence-electron chi connectivity index (χ3n) is 4.37. The third kappa shape index (κ3) is 3.39. The molecular weight excluding hydrogens is 244 g/mol. The molecule has 2 N–H and O–H groups in total. The van der Waals surface area contributed by atoms with Crippen LogP contribution < -0.4 is 5.73 Å². The van der Waals surface area contributed by atoms with E-state index in [4.69, 9.17) is 5.73 Å². The van der Waals surface area contributed by atoms with Crippen LogP contribution >= 0.6 is 12.4 Å². The van der Waals surface area contributed by atoms with Crippen LogP contribution in [0.3, 0.4) is 0 Å². The quantitative estimate of drug-likeness (QED) is 0.844. The first kappa shape index (κ1) is 15.3. The lowest BCUT2D eigenvalue weighted by atomic mass is 9.82. The Morgan fingerprint density at radius 3 is 2.56 bits per heavy atom. The Labute approximate surface area is 117 Å². The van der Waals surface area contributed by atoms with Crippen LogP contribution in [-0.2, 0) is 6.54 Å². The van der Waals surface area contributed by atoms with Gasteiger partial charge in [-0.2, -0.15) is 0 Å². The SMILES string of the molecule is CCC1(CC)CCN(Cc2cccc(N)c2)C1.Cl. The number of hydrogen-bond acceptors (Lipinski definition) is 2. The molecule has 3 heteroatoms. The molecule has 0 atom stereocenters. The fraction of sp³-hybridized carbons (Fsp3) is 0.600. The van der Waals surface area contributed by atoms with Gasteiger partial charge >= 0.3 is 0 Å². The molecule has 0 unspecified atom stereocenters. The van der Waals surface area contributed by atoms with Gasteiger partial charge < -0.3 is 5.73 Å². The van der Waals surface area contributed by atoms with Gasteiger partial charge in [-0.3, -0.25) is 4.90 Å². The minimum atomic E-state index is 0. The van der Waals surface area contributed by atoms with Crippen LogP contribution in [0.2, 0.25) is 0 Å². The number of benzene rings is 1. The molecule has 0 radical (unpaired) electrons. The average Bonchev–Trinajstić information content (AvgIpc) is 2.73. The van der Waals surface area contributed by atoms with Gasteiger partial charge in [-0.1, -0.05) is 26.0 Å². The molecule has 1 aromatic rings. The number of nitrogen functional groups attached to an aromatic ring is 1. The van der Waals surface area contributed by atoms with E-state index in [0.717, 1.165) is 12.2 Å². The van der Waals surface area contributed by atoms with Crippen molar-refractivity contribution >= 4 is 18.1 Å². The van der Waals surface area contributed by atoms with Crippen molar-refractivity contribution in [3.63, 3.8) is 0 Å². The lowest BCUT2D eigenvalue weighted by Gasteiger charge is -2.26. The Morgan fingerprint density at radius 1 is 1.28 bits per heavy atom. The van der Waals surface area contributed by atoms with Crippen molar-refractivity contribution in [1.82, 2.24) is 4.90 Å². The Hall–Kier alpha value is -0.730. The molecule has 2 rings (SSSR count). The Kier molecular flexibility index (Phi) is 5.48. The van der Waals surface area contributed by atoms with Crippen LogP contribution in [0.15, 0.2) is 24.3 Å². The highest BCUT2D eigenvalue weighted by molar-refractivity contribution is 5.85. The monoisotopic (exact) mass is 268 g/mol. The average molecular weight is 269 g/mol. The number of nitrogens with zero attached hydrogens (tertiary/aromatic N) is 1. The number of nitrogens with two attached hydrogens (primary N) is 1. The summed E-state index contributed by atoms with van der Waals surface area (Å²) in [5.41, 5.74) is 8.60. The van der Waals surface area contributed by atoms with Crippen LogP contribution in [-0.4, -0.2) is 18.0 Å². The lowest BCUT2D eigenvalue weighted by molar-refractivity contribution is 0.236. The molecule has 0 amide bonds. The normalized spacial score (nSPS) is 18.6. The van der Waals surface area contributed by atoms with Crippen LogP contribution in [0.25, 0.3) is 0 Å². The summed E-state index contributed by atoms with van der Waals surface area (Å²) in [6.07, 6.45) is 3.95. The van der Waals surface area contributed by atoms with Gasteiger partial charge in [-0.05, 0) is 48.9 Å². The standard InChI is InChI=1S/C15H24N2.ClH/c1-3-15(4-2)8-9-17(12-15)11-13-6-5-7-14(16)10-13;/h5-7,10H,3-4,8-9,11-12,16H2,1-2H3;1H. The second-order valence-electron chi connectivity index (χ2n) is 5.41. The van der Waals surface area contributed by atoms with E-state index in [1.54, 1.807) is 0 Å². The minimum Gasteiger partial charge on any atom is -0.399 e. The van der Waals surface area contributed by atoms with Crippen LogP contribution in [0.4, 0.5) is 5.69 Å². The molecule has 102 valence electrons. The van der Waals surface area contributed by atoms with Crippen molar-refractivity contribution in [2.24, 2.45) is 5.41 Å². The number of anilines is 1. The van der Waals surface area contributed by atoms with Crippen molar-refractivity contribution in [1.29, 1.82) is 0 Å². The van der Waals surface area contributed by atoms with Gasteiger partial charge in [0.2, 0.25) is 0 Å². The van der Waals surface area contributed by atoms with Crippen LogP contribution in [0, 0.1) is 5.41 Å². The first-order valence-electron chi connectivity index (χ1n) is 6.74. The van der Waals surface area contributed by atoms with Crippen molar-refractivity contribution in [2.75, 3.05) is 18.8 Å². The second kappa shape index (κ2) is 6.44. The van der Waals surface area contributed by atoms with E-state index < -0.39 is 0 Å². The van der Waals surface area contributed by atoms with Gasteiger partial charge in [0.1, 0.15) is 0 Å². The van der Waals surface area contributed by atoms with Gasteiger partial charge in [0.15, 0.2) is 0 Å². The van der Waals surface area contributed by atoms with Gasteiger partial charge in [0, 0.05) is 18.8 Å². The molecule has 1 aliphatic heterocycles. The van der Waals surface area contributed by atoms with Gasteiger partial charge in [-0.25, -0.2) is 0 Å². The first-order chi connectivity index (χ1) is 8.17. The van der Waals surface area contributed by atoms with E-state index >= 15 is 0 Å². The fourth-order valence-electron chi connectivity index (χ4n) is 2.94. The van der Waals surface area contributed by atoms with Gasteiger partial charge in [0.05, 0.1) is 0 Å². The summed E-state index contributed by atoms with van der Waals surface area (Å²) in [5.74, 6) is 0. The van der Waals surface area contributed by atoms with E-state index in [2.05, 4.69) is 30.9 Å². The van der Waals surface area contributed by atoms with Crippen molar-refractivity contribution in [3.05, 3.63) is 29.8 Å². The number of hydrogen-bond donors (Lipinski definition) is 1. The predicted molar refractivity (Wildman–Crippen MR) is 81.0 cm³/mol. The minimum absolute atomic E-state index is 0. The first-order valence-corrected chi connectivity index (χ1v) is 6.74. The Morgan fingerprint density at radius 2 is 2.00 bits per heavy atom. The highest BCUT2D eigenvalue weighted by Gasteiger charge is 2.34. The highest BCUT2D eigenvalue weighted by atomic mass is 35.5. The maximum atomic E-state index is 5.82. The molecule has 0 spiro atoms. The zero-order chi connectivity index (χ0) is 12.3. The molecule has 0 aromatic heterocycles. The largest absolute Gasteiger partial charge is 0.399 e. The molecular formula is C15H25ClN2. The van der Waals surface area contributed by atoms with E-state index in [1.165, 1.54) is 37.9 Å². The summed E-state index contributed by atoms with van der Waals surface area (Å²) in [6, 6.07) is 8.27. The fourth-order valence-corrected chi connectivity index (χ4v) is 2.94. The van der Waals surface area contributed by atoms with Crippen molar-refractivity contribution in [2.45, 2.75) is 39.7 Å². The molecule has 1 heterocycles. The van der Waals surface area contributed by atoms with Crippen LogP contribution in [0.5, 0.6) is 0 Å². The Balaban J connectivity index is 0.00000162. The zero-order valence-corrected chi connectivity index (χ0v) is 12.3. The maximum Gasteiger partial charge on any atom is 0.0317 e. The molecule has 2 nitrogen and oxygen atoms in total. The van der Waals surface area contributed by atoms with Crippen LogP contribution in [0.1, 0.15) is 38.7 Å². The molecule has 0 bridgehead atoms. The third-order valence-corrected chi connectivity index (χ3v) is 4.37. The van der Waals surface area contributed by atoms with E-state index in [0.29, 0.717) is 5.41 Å². The number of likely N-dealkylation sites (tertiary alicyclic amines) is 1. The molecule has 1 fully saturated rings. The molecule has 0 aliphatic carbocycles. The summed E-state index contributed by atoms with van der Waals surface area (Å²) in [4.78, 5) is 2.57. The van der Waals surface area contributed by atoms with E-state index in [-0.39, 0.29) is 12.4 Å². The highest BCUT2D eigenvalue weighted by Crippen LogP contribution is 2.37. The topological polar surface area (TPSA) is 29.3 Å². The molecule has 18 heavy (non-hydrogen) atoms. The van der Waals surface area contributed by atoms with Crippen molar-refractivity contribution < 1.29 is 0 Å². The predicted octanol–water partition coefficient (Wildman–Crippen LogP) is 3.70. The molecule has 0 saturated carbocycles. The van der Waals surface area contributed by atoms with E-state index in [1.807, 2.05) is 12.1 Å². The summed E-state index contributed by atoms with van der Waals surface area (Å²) < 4.78 is 0. The van der Waals surface area contributed by atoms with E-state index in [9.17, 15) is 0 Å². The van der Waals surface area contributed by atoms with Gasteiger partial charge in [-0.15, -0.1) is 12.4 Å². The lowest BCUT2D eigenvalue weighted by Crippen LogP contribution is -2.26. The molecule has 1 saturated heterocycles. The number of halogens is 1.